The van der Waals surface area contributed by atoms with Crippen molar-refractivity contribution in [2.75, 3.05) is 31.1 Å². The summed E-state index contributed by atoms with van der Waals surface area (Å²) in [6.07, 6.45) is 8.07. The number of carbonyl (C=O) groups is 1. The zero-order valence-corrected chi connectivity index (χ0v) is 24.0. The van der Waals surface area contributed by atoms with Crippen LogP contribution in [-0.4, -0.2) is 67.0 Å². The van der Waals surface area contributed by atoms with Crippen LogP contribution in [0.5, 0.6) is 0 Å². The molecular weight excluding hydrogens is 559 g/mol. The molecular formula is C31H36F3N7O2. The Hall–Kier alpha value is -3.67. The number of amides is 1. The van der Waals surface area contributed by atoms with Crippen LogP contribution in [0.2, 0.25) is 0 Å². The van der Waals surface area contributed by atoms with Crippen molar-refractivity contribution in [3.8, 4) is 11.4 Å². The fourth-order valence-electron chi connectivity index (χ4n) is 6.84. The number of halogens is 3. The lowest BCUT2D eigenvalue weighted by molar-refractivity contribution is -0.141. The van der Waals surface area contributed by atoms with Gasteiger partial charge in [0, 0.05) is 62.4 Å². The Bertz CT molecular complexity index is 1390. The lowest BCUT2D eigenvalue weighted by Gasteiger charge is -2.36. The van der Waals surface area contributed by atoms with Gasteiger partial charge in [-0.2, -0.15) is 13.2 Å². The summed E-state index contributed by atoms with van der Waals surface area (Å²) in [6.45, 7) is 2.41. The maximum Gasteiger partial charge on any atom is 0.433 e. The Balaban J connectivity index is 0.955. The van der Waals surface area contributed by atoms with Gasteiger partial charge in [0.1, 0.15) is 11.3 Å². The van der Waals surface area contributed by atoms with E-state index in [0.717, 1.165) is 56.6 Å². The molecule has 3 aromatic rings. The molecule has 3 fully saturated rings. The molecule has 2 saturated heterocycles. The molecule has 1 aliphatic carbocycles. The smallest absolute Gasteiger partial charge is 0.384 e. The molecule has 3 aliphatic rings. The molecule has 2 aliphatic heterocycles. The minimum absolute atomic E-state index is 0.0657. The van der Waals surface area contributed by atoms with Gasteiger partial charge in [-0.05, 0) is 87.5 Å². The molecule has 9 nitrogen and oxygen atoms in total. The molecule has 3 aromatic heterocycles. The SMILES string of the molecule is O=C(C1CCN(c2nccc(C(F)(F)F)n2)CC1)N1CCC(CC2CCC(O)(c3ccc(-c4ncccn4)cn3)CC2)C1. The predicted octanol–water partition coefficient (Wildman–Crippen LogP) is 4.88. The Labute approximate surface area is 248 Å². The second-order valence-electron chi connectivity index (χ2n) is 12.2. The third-order valence-corrected chi connectivity index (χ3v) is 9.32. The lowest BCUT2D eigenvalue weighted by atomic mass is 9.74. The maximum atomic E-state index is 13.3. The molecule has 5 heterocycles. The third kappa shape index (κ3) is 6.63. The number of rotatable bonds is 6. The topological polar surface area (TPSA) is 108 Å². The van der Waals surface area contributed by atoms with Gasteiger partial charge in [0.25, 0.3) is 0 Å². The first kappa shape index (κ1) is 29.4. The lowest BCUT2D eigenvalue weighted by Crippen LogP contribution is -2.42. The summed E-state index contributed by atoms with van der Waals surface area (Å²) in [5.74, 6) is 1.65. The highest BCUT2D eigenvalue weighted by Gasteiger charge is 2.39. The van der Waals surface area contributed by atoms with Gasteiger partial charge in [0.05, 0.1) is 5.69 Å². The van der Waals surface area contributed by atoms with Gasteiger partial charge in [-0.15, -0.1) is 0 Å². The summed E-state index contributed by atoms with van der Waals surface area (Å²) in [7, 11) is 0. The number of hydrogen-bond acceptors (Lipinski definition) is 8. The Kier molecular flexibility index (Phi) is 8.30. The molecule has 12 heteroatoms. The van der Waals surface area contributed by atoms with Crippen LogP contribution in [0.3, 0.4) is 0 Å². The first-order valence-corrected chi connectivity index (χ1v) is 15.1. The molecule has 1 amide bonds. The molecule has 43 heavy (non-hydrogen) atoms. The van der Waals surface area contributed by atoms with E-state index in [2.05, 4.69) is 24.9 Å². The van der Waals surface area contributed by atoms with Crippen molar-refractivity contribution in [3.05, 3.63) is 60.4 Å². The minimum atomic E-state index is -4.51. The van der Waals surface area contributed by atoms with Crippen LogP contribution < -0.4 is 4.90 Å². The van der Waals surface area contributed by atoms with Crippen molar-refractivity contribution in [2.24, 2.45) is 17.8 Å². The van der Waals surface area contributed by atoms with Gasteiger partial charge in [0.2, 0.25) is 11.9 Å². The number of pyridine rings is 1. The number of alkyl halides is 3. The molecule has 0 spiro atoms. The van der Waals surface area contributed by atoms with Crippen molar-refractivity contribution >= 4 is 11.9 Å². The first-order valence-electron chi connectivity index (χ1n) is 15.1. The van der Waals surface area contributed by atoms with Crippen molar-refractivity contribution in [1.82, 2.24) is 29.8 Å². The van der Waals surface area contributed by atoms with E-state index >= 15 is 0 Å². The van der Waals surface area contributed by atoms with E-state index in [1.165, 1.54) is 0 Å². The van der Waals surface area contributed by atoms with E-state index in [0.29, 0.717) is 62.1 Å². The number of aliphatic hydroxyl groups is 1. The molecule has 0 aromatic carbocycles. The minimum Gasteiger partial charge on any atom is -0.384 e. The van der Waals surface area contributed by atoms with Gasteiger partial charge >= 0.3 is 6.18 Å². The average Bonchev–Trinajstić information content (AvgIpc) is 3.51. The number of aromatic nitrogens is 5. The number of carbonyl (C=O) groups excluding carboxylic acids is 1. The molecule has 0 bridgehead atoms. The second-order valence-corrected chi connectivity index (χ2v) is 12.2. The highest BCUT2D eigenvalue weighted by atomic mass is 19.4. The van der Waals surface area contributed by atoms with Crippen molar-refractivity contribution in [3.63, 3.8) is 0 Å². The van der Waals surface area contributed by atoms with Gasteiger partial charge in [0.15, 0.2) is 5.82 Å². The van der Waals surface area contributed by atoms with Crippen molar-refractivity contribution < 1.29 is 23.1 Å². The summed E-state index contributed by atoms with van der Waals surface area (Å²) >= 11 is 0. The Morgan fingerprint density at radius 2 is 1.65 bits per heavy atom. The third-order valence-electron chi connectivity index (χ3n) is 9.32. The molecule has 1 N–H and O–H groups in total. The average molecular weight is 596 g/mol. The number of likely N-dealkylation sites (tertiary alicyclic amines) is 1. The Morgan fingerprint density at radius 1 is 0.907 bits per heavy atom. The monoisotopic (exact) mass is 595 g/mol. The second kappa shape index (κ2) is 12.1. The van der Waals surface area contributed by atoms with E-state index in [-0.39, 0.29) is 17.8 Å². The van der Waals surface area contributed by atoms with E-state index in [1.54, 1.807) is 29.6 Å². The number of nitrogens with zero attached hydrogens (tertiary/aromatic N) is 7. The van der Waals surface area contributed by atoms with Crippen LogP contribution in [0.25, 0.3) is 11.4 Å². The first-order chi connectivity index (χ1) is 20.7. The highest BCUT2D eigenvalue weighted by molar-refractivity contribution is 5.79. The largest absolute Gasteiger partial charge is 0.433 e. The van der Waals surface area contributed by atoms with Crippen LogP contribution in [0, 0.1) is 17.8 Å². The van der Waals surface area contributed by atoms with E-state index in [4.69, 9.17) is 0 Å². The van der Waals surface area contributed by atoms with Gasteiger partial charge in [-0.1, -0.05) is 0 Å². The van der Waals surface area contributed by atoms with Gasteiger partial charge in [-0.3, -0.25) is 9.78 Å². The van der Waals surface area contributed by atoms with Crippen LogP contribution in [0.15, 0.2) is 49.1 Å². The summed E-state index contributed by atoms with van der Waals surface area (Å²) in [6, 6.07) is 6.43. The van der Waals surface area contributed by atoms with E-state index in [9.17, 15) is 23.1 Å². The quantitative estimate of drug-likeness (QED) is 0.430. The molecule has 6 rings (SSSR count). The fraction of sp³-hybridized carbons (Fsp3) is 0.548. The number of hydrogen-bond donors (Lipinski definition) is 1. The number of anilines is 1. The van der Waals surface area contributed by atoms with Crippen LogP contribution in [-0.2, 0) is 16.6 Å². The zero-order chi connectivity index (χ0) is 30.0. The fourth-order valence-corrected chi connectivity index (χ4v) is 6.84. The predicted molar refractivity (Wildman–Crippen MR) is 152 cm³/mol. The molecule has 228 valence electrons. The summed E-state index contributed by atoms with van der Waals surface area (Å²) < 4.78 is 39.1. The van der Waals surface area contributed by atoms with E-state index in [1.807, 2.05) is 17.0 Å². The Morgan fingerprint density at radius 3 is 2.33 bits per heavy atom. The zero-order valence-electron chi connectivity index (χ0n) is 24.0. The van der Waals surface area contributed by atoms with Gasteiger partial charge in [-0.25, -0.2) is 19.9 Å². The van der Waals surface area contributed by atoms with E-state index < -0.39 is 17.5 Å². The molecule has 1 saturated carbocycles. The summed E-state index contributed by atoms with van der Waals surface area (Å²) in [5, 5.41) is 11.4. The highest BCUT2D eigenvalue weighted by Crippen LogP contribution is 2.42. The van der Waals surface area contributed by atoms with Gasteiger partial charge < -0.3 is 14.9 Å². The number of piperidine rings is 1. The summed E-state index contributed by atoms with van der Waals surface area (Å²) in [4.78, 5) is 37.8. The normalized spacial score (nSPS) is 25.2. The summed E-state index contributed by atoms with van der Waals surface area (Å²) in [5.41, 5.74) is -0.379. The van der Waals surface area contributed by atoms with Crippen molar-refractivity contribution in [1.29, 1.82) is 0 Å². The van der Waals surface area contributed by atoms with Crippen LogP contribution >= 0.6 is 0 Å². The van der Waals surface area contributed by atoms with Crippen molar-refractivity contribution in [2.45, 2.75) is 63.1 Å². The van der Waals surface area contributed by atoms with Crippen LogP contribution in [0.4, 0.5) is 19.1 Å². The molecule has 1 unspecified atom stereocenters. The van der Waals surface area contributed by atoms with Crippen LogP contribution in [0.1, 0.15) is 62.8 Å². The molecule has 0 radical (unpaired) electrons. The molecule has 1 atom stereocenters. The maximum absolute atomic E-state index is 13.3. The standard InChI is InChI=1S/C31H36F3N7O2/c32-31(33,34)26-6-14-37-29(39-26)40-16-8-23(9-17-40)28(42)41-15-7-22(20-41)18-21-4-10-30(43,11-5-21)25-3-2-24(19-38-25)27-35-12-1-13-36-27/h1-3,6,12-14,19,21-23,43H,4-5,7-11,15-18,20H2.